The minimum atomic E-state index is -4.24. The molecule has 2 aromatic carbocycles. The summed E-state index contributed by atoms with van der Waals surface area (Å²) in [4.78, 5) is 2.22. The summed E-state index contributed by atoms with van der Waals surface area (Å²) in [5.41, 5.74) is 6.18. The lowest BCUT2D eigenvalue weighted by Crippen LogP contribution is -2.28. The summed E-state index contributed by atoms with van der Waals surface area (Å²) in [6.07, 6.45) is 10.1. The van der Waals surface area contributed by atoms with E-state index in [4.69, 9.17) is 4.55 Å². The number of rotatable bonds is 13. The average molecular weight is 706 g/mol. The highest BCUT2D eigenvalue weighted by Gasteiger charge is 2.44. The van der Waals surface area contributed by atoms with Crippen molar-refractivity contribution in [1.29, 1.82) is 0 Å². The number of anilines is 1. The molecule has 4 rings (SSSR count). The minimum absolute atomic E-state index is 0.255. The van der Waals surface area contributed by atoms with Gasteiger partial charge in [-0.15, -0.1) is 0 Å². The van der Waals surface area contributed by atoms with E-state index in [0.717, 1.165) is 27.3 Å². The van der Waals surface area contributed by atoms with Crippen molar-refractivity contribution >= 4 is 53.3 Å². The van der Waals surface area contributed by atoms with Crippen LogP contribution in [0.4, 0.5) is 11.4 Å². The predicted octanol–water partition coefficient (Wildman–Crippen LogP) is 6.57. The van der Waals surface area contributed by atoms with E-state index in [0.29, 0.717) is 38.8 Å². The van der Waals surface area contributed by atoms with Crippen molar-refractivity contribution < 1.29 is 30.5 Å². The van der Waals surface area contributed by atoms with Crippen LogP contribution in [0.25, 0.3) is 0 Å². The van der Waals surface area contributed by atoms with E-state index in [2.05, 4.69) is 89.5 Å². The zero-order chi connectivity index (χ0) is 32.3. The molecule has 0 aromatic heterocycles. The Kier molecular flexibility index (Phi) is 10.5. The maximum atomic E-state index is 11.2. The first-order valence-corrected chi connectivity index (χ1v) is 18.8. The first-order chi connectivity index (χ1) is 20.5. The smallest absolute Gasteiger partial charge is 0.264 e. The van der Waals surface area contributed by atoms with Crippen molar-refractivity contribution in [2.75, 3.05) is 29.5 Å². The van der Waals surface area contributed by atoms with E-state index in [-0.39, 0.29) is 22.3 Å². The lowest BCUT2D eigenvalue weighted by molar-refractivity contribution is -0.438. The fourth-order valence-electron chi connectivity index (χ4n) is 6.24. The van der Waals surface area contributed by atoms with Crippen LogP contribution in [0.2, 0.25) is 0 Å². The Morgan fingerprint density at radius 2 is 1.55 bits per heavy atom. The highest BCUT2D eigenvalue weighted by atomic mass is 79.9. The van der Waals surface area contributed by atoms with Crippen LogP contribution in [0, 0.1) is 0 Å². The molecule has 2 aliphatic rings. The number of hydrogen-bond acceptors (Lipinski definition) is 6. The number of halogens is 1. The minimum Gasteiger partial charge on any atom is -0.748 e. The SMILES string of the molecule is CC1(C)C(=CC=C(Br)C=CC2=[N+](CCCCS(=O)(=O)O)c3ccccc3C2(C)C)N(CCCCS(=O)(=O)[O-])c2ccccc21. The number of nitrogens with zero attached hydrogens (tertiary/aromatic N) is 2. The number of benzene rings is 2. The monoisotopic (exact) mass is 704 g/mol. The molecule has 2 heterocycles. The fourth-order valence-corrected chi connectivity index (χ4v) is 7.63. The summed E-state index contributed by atoms with van der Waals surface area (Å²) in [5.74, 6) is -0.618. The van der Waals surface area contributed by atoms with Gasteiger partial charge in [-0.25, -0.2) is 8.42 Å². The van der Waals surface area contributed by atoms with Gasteiger partial charge in [-0.05, 0) is 63.0 Å². The highest BCUT2D eigenvalue weighted by Crippen LogP contribution is 2.47. The van der Waals surface area contributed by atoms with Gasteiger partial charge >= 0.3 is 0 Å². The van der Waals surface area contributed by atoms with Crippen LogP contribution in [-0.4, -0.2) is 60.8 Å². The molecule has 0 atom stereocenters. The number of allylic oxidation sites excluding steroid dienone is 6. The quantitative estimate of drug-likeness (QED) is 0.108. The molecule has 0 bridgehead atoms. The van der Waals surface area contributed by atoms with Gasteiger partial charge in [0.2, 0.25) is 5.69 Å². The van der Waals surface area contributed by atoms with Gasteiger partial charge in [0.05, 0.1) is 21.3 Å². The first-order valence-electron chi connectivity index (χ1n) is 14.8. The molecule has 0 aliphatic carbocycles. The third kappa shape index (κ3) is 7.98. The summed E-state index contributed by atoms with van der Waals surface area (Å²) in [6.45, 7) is 9.92. The van der Waals surface area contributed by atoms with E-state index in [1.807, 2.05) is 36.4 Å². The van der Waals surface area contributed by atoms with Crippen molar-refractivity contribution in [2.24, 2.45) is 0 Å². The zero-order valence-corrected chi connectivity index (χ0v) is 28.9. The van der Waals surface area contributed by atoms with Crippen LogP contribution in [0.1, 0.15) is 64.5 Å². The first kappa shape index (κ1) is 34.3. The van der Waals surface area contributed by atoms with E-state index < -0.39 is 20.2 Å². The van der Waals surface area contributed by atoms with Crippen molar-refractivity contribution in [3.05, 3.63) is 94.1 Å². The molecule has 0 fully saturated rings. The molecule has 0 saturated carbocycles. The second-order valence-corrected chi connectivity index (χ2v) is 16.4. The number of hydrogen-bond donors (Lipinski definition) is 1. The highest BCUT2D eigenvalue weighted by molar-refractivity contribution is 9.11. The van der Waals surface area contributed by atoms with Gasteiger partial charge in [0.1, 0.15) is 6.54 Å². The van der Waals surface area contributed by atoms with Crippen LogP contribution < -0.4 is 4.90 Å². The molecule has 0 unspecified atom stereocenters. The zero-order valence-electron chi connectivity index (χ0n) is 25.7. The normalized spacial score (nSPS) is 18.8. The Hall–Kier alpha value is -2.57. The fraction of sp³-hybridized carbons (Fsp3) is 0.424. The molecule has 2 aliphatic heterocycles. The Morgan fingerprint density at radius 1 is 0.909 bits per heavy atom. The third-order valence-corrected chi connectivity index (χ3v) is 10.6. The summed E-state index contributed by atoms with van der Waals surface area (Å²) in [5, 5.41) is 0. The molecule has 1 N–H and O–H groups in total. The lowest BCUT2D eigenvalue weighted by atomic mass is 9.81. The van der Waals surface area contributed by atoms with Crippen LogP contribution in [0.3, 0.4) is 0 Å². The van der Waals surface area contributed by atoms with Crippen molar-refractivity contribution in [2.45, 2.75) is 64.2 Å². The van der Waals surface area contributed by atoms with Crippen LogP contribution >= 0.6 is 15.9 Å². The van der Waals surface area contributed by atoms with Gasteiger partial charge in [-0.1, -0.05) is 66.2 Å². The molecular formula is C33H41BrN2O6S2. The average Bonchev–Trinajstić information content (AvgIpc) is 3.28. The molecule has 0 spiro atoms. The summed E-state index contributed by atoms with van der Waals surface area (Å²) < 4.78 is 68.0. The molecule has 238 valence electrons. The van der Waals surface area contributed by atoms with Gasteiger partial charge in [-0.3, -0.25) is 4.55 Å². The van der Waals surface area contributed by atoms with Gasteiger partial charge in [-0.2, -0.15) is 13.0 Å². The molecule has 0 radical (unpaired) electrons. The Labute approximate surface area is 270 Å². The second-order valence-electron chi connectivity index (χ2n) is 12.4. The molecule has 8 nitrogen and oxygen atoms in total. The second kappa shape index (κ2) is 13.4. The number of unbranched alkanes of at least 4 members (excludes halogenated alkanes) is 2. The van der Waals surface area contributed by atoms with Gasteiger partial charge in [0.15, 0.2) is 5.71 Å². The van der Waals surface area contributed by atoms with Gasteiger partial charge in [0, 0.05) is 57.7 Å². The lowest BCUT2D eigenvalue weighted by Gasteiger charge is -2.27. The largest absolute Gasteiger partial charge is 0.748 e. The van der Waals surface area contributed by atoms with Crippen molar-refractivity contribution in [3.8, 4) is 0 Å². The Bertz CT molecular complexity index is 1740. The van der Waals surface area contributed by atoms with E-state index >= 15 is 0 Å². The van der Waals surface area contributed by atoms with Gasteiger partial charge < -0.3 is 9.45 Å². The Morgan fingerprint density at radius 3 is 2.23 bits per heavy atom. The molecule has 44 heavy (non-hydrogen) atoms. The van der Waals surface area contributed by atoms with Crippen LogP contribution in [-0.2, 0) is 31.1 Å². The van der Waals surface area contributed by atoms with Gasteiger partial charge in [0.25, 0.3) is 10.1 Å². The maximum absolute atomic E-state index is 11.2. The molecular weight excluding hydrogens is 664 g/mol. The molecule has 0 saturated heterocycles. The number of para-hydroxylation sites is 2. The summed E-state index contributed by atoms with van der Waals surface area (Å²) >= 11 is 3.73. The third-order valence-electron chi connectivity index (χ3n) is 8.46. The van der Waals surface area contributed by atoms with Crippen LogP contribution in [0.15, 0.2) is 83.0 Å². The standard InChI is InChI=1S/C33H41BrN2O6S2/c1-32(2)26-13-5-7-15-28(26)35(21-9-11-23-43(37,38)39)30(32)19-17-25(34)18-20-31-33(3,4)27-14-6-8-16-29(27)36(31)22-10-12-24-44(40,41)42/h5-8,13-20H,9-12,21-24H2,1-4H3,(H-,37,38,39,40,41,42). The van der Waals surface area contributed by atoms with E-state index in [9.17, 15) is 21.4 Å². The molecule has 0 amide bonds. The van der Waals surface area contributed by atoms with E-state index in [1.54, 1.807) is 0 Å². The number of fused-ring (bicyclic) bond motifs is 2. The molecule has 11 heteroatoms. The van der Waals surface area contributed by atoms with E-state index in [1.165, 1.54) is 11.1 Å². The van der Waals surface area contributed by atoms with Crippen LogP contribution in [0.5, 0.6) is 0 Å². The van der Waals surface area contributed by atoms with Crippen molar-refractivity contribution in [1.82, 2.24) is 0 Å². The predicted molar refractivity (Wildman–Crippen MR) is 180 cm³/mol. The summed E-state index contributed by atoms with van der Waals surface area (Å²) in [6, 6.07) is 16.4. The molecule has 2 aromatic rings. The maximum Gasteiger partial charge on any atom is 0.264 e. The summed E-state index contributed by atoms with van der Waals surface area (Å²) in [7, 11) is -8.23. The Balaban J connectivity index is 1.61. The van der Waals surface area contributed by atoms with Crippen molar-refractivity contribution in [3.63, 3.8) is 0 Å². The topological polar surface area (TPSA) is 118 Å².